The lowest BCUT2D eigenvalue weighted by Gasteiger charge is -2.36. The Morgan fingerprint density at radius 2 is 1.59 bits per heavy atom. The van der Waals surface area contributed by atoms with E-state index in [1.165, 1.54) is 11.8 Å². The van der Waals surface area contributed by atoms with Gasteiger partial charge in [0.2, 0.25) is 10.0 Å². The van der Waals surface area contributed by atoms with Crippen LogP contribution < -0.4 is 0 Å². The van der Waals surface area contributed by atoms with Crippen molar-refractivity contribution in [1.82, 2.24) is 9.21 Å². The summed E-state index contributed by atoms with van der Waals surface area (Å²) in [4.78, 5) is 28.0. The first-order valence-corrected chi connectivity index (χ1v) is 14.8. The van der Waals surface area contributed by atoms with Crippen LogP contribution >= 0.6 is 0 Å². The van der Waals surface area contributed by atoms with Crippen molar-refractivity contribution in [3.8, 4) is 16.9 Å². The molecule has 3 rings (SSSR count). The predicted octanol–water partition coefficient (Wildman–Crippen LogP) is 5.57. The Kier molecular flexibility index (Phi) is 8.89. The smallest absolute Gasteiger partial charge is 0.424 e. The quantitative estimate of drug-likeness (QED) is 0.492. The summed E-state index contributed by atoms with van der Waals surface area (Å²) in [7, 11) is -4.07. The van der Waals surface area contributed by atoms with E-state index in [2.05, 4.69) is 0 Å². The van der Waals surface area contributed by atoms with Gasteiger partial charge >= 0.3 is 12.2 Å². The minimum absolute atomic E-state index is 0.0284. The Morgan fingerprint density at radius 3 is 2.15 bits per heavy atom. The van der Waals surface area contributed by atoms with E-state index < -0.39 is 45.5 Å². The summed E-state index contributed by atoms with van der Waals surface area (Å²) in [6.45, 7) is 11.8. The number of aromatic hydroxyl groups is 1. The molecule has 1 saturated heterocycles. The molecule has 1 heterocycles. The number of hydrogen-bond acceptors (Lipinski definition) is 7. The monoisotopic (exact) mass is 560 g/mol. The summed E-state index contributed by atoms with van der Waals surface area (Å²) in [5.74, 6) is -0.294. The predicted molar refractivity (Wildman–Crippen MR) is 150 cm³/mol. The van der Waals surface area contributed by atoms with Crippen molar-refractivity contribution in [2.24, 2.45) is 0 Å². The van der Waals surface area contributed by atoms with Gasteiger partial charge in [0.25, 0.3) is 0 Å². The fourth-order valence-electron chi connectivity index (χ4n) is 4.64. The number of amides is 2. The molecule has 1 fully saturated rings. The molecule has 2 amide bonds. The lowest BCUT2D eigenvalue weighted by Crippen LogP contribution is -2.54. The zero-order valence-corrected chi connectivity index (χ0v) is 24.6. The van der Waals surface area contributed by atoms with E-state index in [1.54, 1.807) is 59.7 Å². The second-order valence-corrected chi connectivity index (χ2v) is 13.8. The highest BCUT2D eigenvalue weighted by Gasteiger charge is 2.48. The molecule has 1 aliphatic heterocycles. The van der Waals surface area contributed by atoms with Crippen molar-refractivity contribution in [1.29, 1.82) is 0 Å². The molecule has 214 valence electrons. The second-order valence-electron chi connectivity index (χ2n) is 11.7. The van der Waals surface area contributed by atoms with E-state index >= 15 is 0 Å². The number of sulfonamides is 1. The van der Waals surface area contributed by atoms with E-state index in [0.29, 0.717) is 11.1 Å². The largest absolute Gasteiger partial charge is 0.507 e. The third kappa shape index (κ3) is 7.44. The Labute approximate surface area is 231 Å². The zero-order valence-electron chi connectivity index (χ0n) is 23.8. The molecule has 0 saturated carbocycles. The van der Waals surface area contributed by atoms with Crippen molar-refractivity contribution in [2.45, 2.75) is 84.6 Å². The van der Waals surface area contributed by atoms with Crippen LogP contribution in [-0.4, -0.2) is 70.5 Å². The first kappa shape index (κ1) is 30.3. The number of nitrogens with zero attached hydrogens (tertiary/aromatic N) is 2. The van der Waals surface area contributed by atoms with E-state index in [-0.39, 0.29) is 30.9 Å². The first-order valence-electron chi connectivity index (χ1n) is 13.1. The van der Waals surface area contributed by atoms with E-state index in [9.17, 15) is 23.1 Å². The molecule has 2 atom stereocenters. The number of carbonyl (C=O) groups excluding carboxylic acids is 2. The molecule has 2 aromatic carbocycles. The number of ether oxygens (including phenoxy) is 2. The Bertz CT molecular complexity index is 1280. The Balaban J connectivity index is 2.09. The maximum atomic E-state index is 13.3. The fourth-order valence-corrected chi connectivity index (χ4v) is 5.84. The van der Waals surface area contributed by atoms with Crippen LogP contribution in [-0.2, 0) is 25.9 Å². The van der Waals surface area contributed by atoms with Gasteiger partial charge < -0.3 is 19.5 Å². The molecule has 0 aliphatic carbocycles. The molecule has 10 heteroatoms. The maximum absolute atomic E-state index is 13.3. The number of rotatable bonds is 6. The van der Waals surface area contributed by atoms with Crippen LogP contribution in [0, 0.1) is 0 Å². The SMILES string of the molecule is CCS(=O)(=O)N(C(=O)OC(C)(C)C)C1CCN(C(=O)OC(C)(C)C)C1Cc1cccc(-c2ccccc2)c1O. The molecular formula is C29H40N2O7S. The van der Waals surface area contributed by atoms with Crippen LogP contribution in [0.4, 0.5) is 9.59 Å². The standard InChI is InChI=1S/C29H40N2O7S/c1-8-39(35,36)31(27(34)38-29(5,6)7)23-17-18-30(26(33)37-28(2,3)4)24(23)19-21-15-12-16-22(25(21)32)20-13-10-9-11-14-20/h9-16,23-24,32H,8,17-19H2,1-7H3. The molecule has 0 bridgehead atoms. The summed E-state index contributed by atoms with van der Waals surface area (Å²) in [6.07, 6.45) is -1.32. The van der Waals surface area contributed by atoms with Crippen LogP contribution in [0.2, 0.25) is 0 Å². The summed E-state index contributed by atoms with van der Waals surface area (Å²) >= 11 is 0. The van der Waals surface area contributed by atoms with Crippen molar-refractivity contribution in [2.75, 3.05) is 12.3 Å². The maximum Gasteiger partial charge on any atom is 0.424 e. The first-order chi connectivity index (χ1) is 18.0. The average molecular weight is 561 g/mol. The molecule has 2 aromatic rings. The van der Waals surface area contributed by atoms with Gasteiger partial charge in [-0.15, -0.1) is 0 Å². The van der Waals surface area contributed by atoms with Crippen molar-refractivity contribution < 1.29 is 32.6 Å². The van der Waals surface area contributed by atoms with E-state index in [4.69, 9.17) is 9.47 Å². The van der Waals surface area contributed by atoms with Crippen molar-refractivity contribution >= 4 is 22.2 Å². The number of carbonyl (C=O) groups is 2. The summed E-state index contributed by atoms with van der Waals surface area (Å²) in [5, 5.41) is 11.2. The van der Waals surface area contributed by atoms with E-state index in [0.717, 1.165) is 9.87 Å². The number of phenolic OH excluding ortho intramolecular Hbond substituents is 1. The van der Waals surface area contributed by atoms with Gasteiger partial charge in [0.1, 0.15) is 17.0 Å². The minimum atomic E-state index is -4.07. The zero-order chi connectivity index (χ0) is 29.2. The van der Waals surface area contributed by atoms with Crippen LogP contribution in [0.3, 0.4) is 0 Å². The van der Waals surface area contributed by atoms with Gasteiger partial charge in [-0.2, -0.15) is 4.31 Å². The number of para-hydroxylation sites is 1. The molecular weight excluding hydrogens is 520 g/mol. The van der Waals surface area contributed by atoms with Crippen LogP contribution in [0.5, 0.6) is 5.75 Å². The molecule has 2 unspecified atom stereocenters. The van der Waals surface area contributed by atoms with Gasteiger partial charge in [0.15, 0.2) is 0 Å². The van der Waals surface area contributed by atoms with Gasteiger partial charge in [-0.25, -0.2) is 18.0 Å². The number of likely N-dealkylation sites (tertiary alicyclic amines) is 1. The van der Waals surface area contributed by atoms with Crippen molar-refractivity contribution in [3.05, 3.63) is 54.1 Å². The number of phenols is 1. The minimum Gasteiger partial charge on any atom is -0.507 e. The lowest BCUT2D eigenvalue weighted by atomic mass is 9.95. The van der Waals surface area contributed by atoms with E-state index in [1.807, 2.05) is 30.3 Å². The molecule has 1 N–H and O–H groups in total. The summed E-state index contributed by atoms with van der Waals surface area (Å²) < 4.78 is 38.4. The van der Waals surface area contributed by atoms with Gasteiger partial charge in [0, 0.05) is 12.1 Å². The Morgan fingerprint density at radius 1 is 0.974 bits per heavy atom. The van der Waals surface area contributed by atoms with Gasteiger partial charge in [-0.3, -0.25) is 0 Å². The lowest BCUT2D eigenvalue weighted by molar-refractivity contribution is 0.0152. The second kappa shape index (κ2) is 11.5. The van der Waals surface area contributed by atoms with Gasteiger partial charge in [-0.05, 0) is 72.4 Å². The van der Waals surface area contributed by atoms with Crippen LogP contribution in [0.1, 0.15) is 60.5 Å². The van der Waals surface area contributed by atoms with Crippen LogP contribution in [0.25, 0.3) is 11.1 Å². The number of benzene rings is 2. The highest BCUT2D eigenvalue weighted by molar-refractivity contribution is 7.89. The van der Waals surface area contributed by atoms with Crippen molar-refractivity contribution in [3.63, 3.8) is 0 Å². The molecule has 0 aromatic heterocycles. The third-order valence-corrected chi connectivity index (χ3v) is 8.06. The highest BCUT2D eigenvalue weighted by atomic mass is 32.2. The molecule has 0 radical (unpaired) electrons. The van der Waals surface area contributed by atoms with Gasteiger partial charge in [0.05, 0.1) is 17.8 Å². The average Bonchev–Trinajstić information content (AvgIpc) is 3.21. The molecule has 1 aliphatic rings. The number of hydrogen-bond donors (Lipinski definition) is 1. The van der Waals surface area contributed by atoms with Crippen LogP contribution in [0.15, 0.2) is 48.5 Å². The normalized spacial score (nSPS) is 18.1. The highest BCUT2D eigenvalue weighted by Crippen LogP contribution is 2.36. The summed E-state index contributed by atoms with van der Waals surface area (Å²) in [5.41, 5.74) is 0.221. The summed E-state index contributed by atoms with van der Waals surface area (Å²) in [6, 6.07) is 13.0. The topological polar surface area (TPSA) is 113 Å². The Hall–Kier alpha value is -3.27. The molecule has 39 heavy (non-hydrogen) atoms. The molecule has 9 nitrogen and oxygen atoms in total. The van der Waals surface area contributed by atoms with Gasteiger partial charge in [-0.1, -0.05) is 48.5 Å². The third-order valence-electron chi connectivity index (χ3n) is 6.31. The molecule has 0 spiro atoms. The fraction of sp³-hybridized carbons (Fsp3) is 0.517.